The monoisotopic (exact) mass is 303 g/mol. The summed E-state index contributed by atoms with van der Waals surface area (Å²) >= 11 is 1.67. The number of anilines is 1. The Morgan fingerprint density at radius 3 is 2.50 bits per heavy atom. The molecule has 7 heteroatoms. The first-order valence-electron chi connectivity index (χ1n) is 6.02. The Morgan fingerprint density at radius 2 is 1.95 bits per heavy atom. The Hall–Kier alpha value is -1.37. The molecule has 0 fully saturated rings. The van der Waals surface area contributed by atoms with E-state index >= 15 is 0 Å². The number of nitrogens with zero attached hydrogens (tertiary/aromatic N) is 2. The average molecular weight is 303 g/mol. The summed E-state index contributed by atoms with van der Waals surface area (Å²) < 4.78 is 39.7. The van der Waals surface area contributed by atoms with Crippen molar-refractivity contribution in [2.75, 3.05) is 12.0 Å². The van der Waals surface area contributed by atoms with Crippen LogP contribution in [0.25, 0.3) is 11.0 Å². The third kappa shape index (κ3) is 2.87. The number of imidazole rings is 1. The zero-order valence-electron chi connectivity index (χ0n) is 11.5. The number of benzene rings is 1. The van der Waals surface area contributed by atoms with Crippen LogP contribution in [0.5, 0.6) is 0 Å². The Balaban J connectivity index is 2.51. The van der Waals surface area contributed by atoms with Crippen LogP contribution in [-0.4, -0.2) is 20.6 Å². The number of rotatable bonds is 3. The number of hydrogen-bond acceptors (Lipinski definition) is 3. The minimum Gasteiger partial charge on any atom is -0.369 e. The molecular weight excluding hydrogens is 287 g/mol. The summed E-state index contributed by atoms with van der Waals surface area (Å²) in [4.78, 5) is 4.04. The van der Waals surface area contributed by atoms with Gasteiger partial charge in [-0.05, 0) is 38.3 Å². The molecule has 0 atom stereocenters. The van der Waals surface area contributed by atoms with E-state index in [1.165, 1.54) is 6.07 Å². The summed E-state index contributed by atoms with van der Waals surface area (Å²) in [7, 11) is 0. The topological polar surface area (TPSA) is 43.8 Å². The van der Waals surface area contributed by atoms with Gasteiger partial charge in [0, 0.05) is 11.3 Å². The second-order valence-corrected chi connectivity index (χ2v) is 6.73. The van der Waals surface area contributed by atoms with E-state index in [4.69, 9.17) is 5.73 Å². The lowest BCUT2D eigenvalue weighted by Gasteiger charge is -2.23. The molecule has 0 spiro atoms. The number of halogens is 3. The number of thioether (sulfide) groups is 1. The number of aromatic nitrogens is 2. The van der Waals surface area contributed by atoms with Gasteiger partial charge in [0.2, 0.25) is 5.95 Å². The summed E-state index contributed by atoms with van der Waals surface area (Å²) in [5, 5.41) is 0. The molecule has 0 unspecified atom stereocenters. The maximum Gasteiger partial charge on any atom is 0.416 e. The highest BCUT2D eigenvalue weighted by atomic mass is 32.2. The van der Waals surface area contributed by atoms with Gasteiger partial charge in [-0.15, -0.1) is 0 Å². The van der Waals surface area contributed by atoms with Gasteiger partial charge >= 0.3 is 6.18 Å². The van der Waals surface area contributed by atoms with E-state index in [0.717, 1.165) is 12.1 Å². The van der Waals surface area contributed by atoms with Crippen LogP contribution in [-0.2, 0) is 12.7 Å². The van der Waals surface area contributed by atoms with Crippen molar-refractivity contribution in [3.8, 4) is 0 Å². The lowest BCUT2D eigenvalue weighted by molar-refractivity contribution is -0.137. The Bertz CT molecular complexity index is 632. The zero-order valence-corrected chi connectivity index (χ0v) is 12.3. The number of alkyl halides is 3. The van der Waals surface area contributed by atoms with Gasteiger partial charge in [-0.25, -0.2) is 4.98 Å². The number of hydrogen-bond donors (Lipinski definition) is 1. The fraction of sp³-hybridized carbons (Fsp3) is 0.462. The highest BCUT2D eigenvalue weighted by molar-refractivity contribution is 7.99. The van der Waals surface area contributed by atoms with Crippen LogP contribution in [0.4, 0.5) is 19.1 Å². The van der Waals surface area contributed by atoms with E-state index in [1.54, 1.807) is 16.3 Å². The molecule has 2 rings (SSSR count). The largest absolute Gasteiger partial charge is 0.416 e. The van der Waals surface area contributed by atoms with E-state index in [-0.39, 0.29) is 16.2 Å². The first-order chi connectivity index (χ1) is 9.14. The lowest BCUT2D eigenvalue weighted by atomic mass is 10.1. The summed E-state index contributed by atoms with van der Waals surface area (Å²) in [6, 6.07) is 3.53. The van der Waals surface area contributed by atoms with Crippen molar-refractivity contribution in [3.63, 3.8) is 0 Å². The molecule has 110 valence electrons. The molecule has 1 aromatic heterocycles. The van der Waals surface area contributed by atoms with Gasteiger partial charge in [-0.1, -0.05) is 0 Å². The summed E-state index contributed by atoms with van der Waals surface area (Å²) in [6.07, 6.45) is -2.39. The van der Waals surface area contributed by atoms with Crippen molar-refractivity contribution >= 4 is 28.7 Å². The van der Waals surface area contributed by atoms with Crippen molar-refractivity contribution < 1.29 is 13.2 Å². The molecule has 2 N–H and O–H groups in total. The van der Waals surface area contributed by atoms with Crippen LogP contribution < -0.4 is 5.73 Å². The average Bonchev–Trinajstić information content (AvgIpc) is 2.64. The fourth-order valence-electron chi connectivity index (χ4n) is 1.94. The van der Waals surface area contributed by atoms with Crippen LogP contribution in [0.2, 0.25) is 0 Å². The molecule has 1 aromatic carbocycles. The van der Waals surface area contributed by atoms with Gasteiger partial charge in [0.25, 0.3) is 0 Å². The SMILES string of the molecule is CSC(C)(C)Cn1c(N)nc2cc(C(F)(F)F)ccc21. The maximum absolute atomic E-state index is 12.7. The Kier molecular flexibility index (Phi) is 3.66. The van der Waals surface area contributed by atoms with Crippen LogP contribution in [0.15, 0.2) is 18.2 Å². The van der Waals surface area contributed by atoms with E-state index in [1.807, 2.05) is 20.1 Å². The standard InChI is InChI=1S/C13H16F3N3S/c1-12(2,20-3)7-19-10-5-4-8(13(14,15)16)6-9(10)18-11(19)17/h4-6H,7H2,1-3H3,(H2,17,18). The molecule has 1 heterocycles. The van der Waals surface area contributed by atoms with Crippen molar-refractivity contribution in [2.24, 2.45) is 0 Å². The Labute approximate surface area is 119 Å². The highest BCUT2D eigenvalue weighted by Crippen LogP contribution is 2.33. The van der Waals surface area contributed by atoms with Crippen LogP contribution >= 0.6 is 11.8 Å². The van der Waals surface area contributed by atoms with Gasteiger partial charge in [-0.3, -0.25) is 0 Å². The molecule has 3 nitrogen and oxygen atoms in total. The minimum absolute atomic E-state index is 0.0789. The molecule has 0 saturated heterocycles. The van der Waals surface area contributed by atoms with Gasteiger partial charge in [0.1, 0.15) is 0 Å². The number of nitrogen functional groups attached to an aromatic ring is 1. The Morgan fingerprint density at radius 1 is 1.30 bits per heavy atom. The number of fused-ring (bicyclic) bond motifs is 1. The van der Waals surface area contributed by atoms with E-state index in [0.29, 0.717) is 12.1 Å². The van der Waals surface area contributed by atoms with Gasteiger partial charge in [0.15, 0.2) is 0 Å². The molecule has 0 aliphatic carbocycles. The van der Waals surface area contributed by atoms with Crippen LogP contribution in [0.3, 0.4) is 0 Å². The smallest absolute Gasteiger partial charge is 0.369 e. The molecule has 0 aliphatic heterocycles. The van der Waals surface area contributed by atoms with Gasteiger partial charge in [-0.2, -0.15) is 24.9 Å². The normalized spacial score (nSPS) is 13.1. The van der Waals surface area contributed by atoms with Crippen molar-refractivity contribution in [1.82, 2.24) is 9.55 Å². The third-order valence-electron chi connectivity index (χ3n) is 3.20. The molecule has 0 saturated carbocycles. The summed E-state index contributed by atoms with van der Waals surface area (Å²) in [6.45, 7) is 4.68. The van der Waals surface area contributed by atoms with Crippen molar-refractivity contribution in [3.05, 3.63) is 23.8 Å². The third-order valence-corrected chi connectivity index (χ3v) is 4.43. The van der Waals surface area contributed by atoms with Crippen LogP contribution in [0, 0.1) is 0 Å². The highest BCUT2D eigenvalue weighted by Gasteiger charge is 2.31. The molecule has 0 radical (unpaired) electrons. The first kappa shape index (κ1) is 15.0. The van der Waals surface area contributed by atoms with Gasteiger partial charge in [0.05, 0.1) is 16.6 Å². The predicted molar refractivity (Wildman–Crippen MR) is 76.7 cm³/mol. The molecule has 20 heavy (non-hydrogen) atoms. The van der Waals surface area contributed by atoms with E-state index < -0.39 is 11.7 Å². The second-order valence-electron chi connectivity index (χ2n) is 5.22. The fourth-order valence-corrected chi connectivity index (χ4v) is 2.19. The summed E-state index contributed by atoms with van der Waals surface area (Å²) in [5.41, 5.74) is 6.02. The van der Waals surface area contributed by atoms with Crippen molar-refractivity contribution in [2.45, 2.75) is 31.3 Å². The quantitative estimate of drug-likeness (QED) is 0.938. The maximum atomic E-state index is 12.7. The molecule has 0 bridgehead atoms. The second kappa shape index (κ2) is 4.87. The molecule has 0 aliphatic rings. The zero-order chi connectivity index (χ0) is 15.1. The van der Waals surface area contributed by atoms with E-state index in [2.05, 4.69) is 4.98 Å². The number of nitrogens with two attached hydrogens (primary N) is 1. The van der Waals surface area contributed by atoms with Crippen molar-refractivity contribution in [1.29, 1.82) is 0 Å². The molecule has 2 aromatic rings. The van der Waals surface area contributed by atoms with Crippen LogP contribution in [0.1, 0.15) is 19.4 Å². The first-order valence-corrected chi connectivity index (χ1v) is 7.24. The minimum atomic E-state index is -4.37. The molecular formula is C13H16F3N3S. The van der Waals surface area contributed by atoms with Gasteiger partial charge < -0.3 is 10.3 Å². The predicted octanol–water partition coefficient (Wildman–Crippen LogP) is 3.78. The molecule has 0 amide bonds. The van der Waals surface area contributed by atoms with E-state index in [9.17, 15) is 13.2 Å². The lowest BCUT2D eigenvalue weighted by Crippen LogP contribution is -2.23. The summed E-state index contributed by atoms with van der Waals surface area (Å²) in [5.74, 6) is 0.237.